The number of para-hydroxylation sites is 1. The van der Waals surface area contributed by atoms with E-state index in [4.69, 9.17) is 0 Å². The second-order valence-corrected chi connectivity index (χ2v) is 6.72. The van der Waals surface area contributed by atoms with Crippen molar-refractivity contribution in [3.63, 3.8) is 0 Å². The Morgan fingerprint density at radius 2 is 1.92 bits per heavy atom. The Balaban J connectivity index is 1.93. The summed E-state index contributed by atoms with van der Waals surface area (Å²) in [5, 5.41) is 6.63. The molecule has 1 aromatic carbocycles. The molecule has 0 aliphatic rings. The van der Waals surface area contributed by atoms with Crippen LogP contribution in [-0.2, 0) is 6.54 Å². The minimum absolute atomic E-state index is 0.0445. The van der Waals surface area contributed by atoms with Gasteiger partial charge in [0.05, 0.1) is 29.2 Å². The molecule has 24 heavy (non-hydrogen) atoms. The lowest BCUT2D eigenvalue weighted by atomic mass is 10.1. The zero-order valence-electron chi connectivity index (χ0n) is 14.2. The number of benzene rings is 1. The van der Waals surface area contributed by atoms with Gasteiger partial charge in [-0.1, -0.05) is 24.3 Å². The summed E-state index contributed by atoms with van der Waals surface area (Å²) in [6.07, 6.45) is 0. The van der Waals surface area contributed by atoms with Crippen molar-refractivity contribution in [3.8, 4) is 5.69 Å². The second kappa shape index (κ2) is 7.01. The van der Waals surface area contributed by atoms with Gasteiger partial charge >= 0.3 is 0 Å². The average Bonchev–Trinajstić information content (AvgIpc) is 3.21. The molecule has 0 aliphatic heterocycles. The van der Waals surface area contributed by atoms with Gasteiger partial charge in [-0.05, 0) is 44.4 Å². The van der Waals surface area contributed by atoms with E-state index in [2.05, 4.69) is 11.2 Å². The van der Waals surface area contributed by atoms with Crippen LogP contribution in [-0.4, -0.2) is 27.1 Å². The number of nitrogens with zero attached hydrogens (tertiary/aromatic N) is 3. The number of aromatic nitrogens is 2. The van der Waals surface area contributed by atoms with Crippen LogP contribution >= 0.6 is 11.3 Å². The first-order chi connectivity index (χ1) is 11.6. The van der Waals surface area contributed by atoms with Gasteiger partial charge in [0.15, 0.2) is 0 Å². The van der Waals surface area contributed by atoms with Gasteiger partial charge in [0.1, 0.15) is 0 Å². The molecule has 0 radical (unpaired) electrons. The molecule has 0 bridgehead atoms. The zero-order valence-corrected chi connectivity index (χ0v) is 15.0. The molecule has 2 aromatic heterocycles. The molecule has 3 aromatic rings. The Labute approximate surface area is 146 Å². The Kier molecular flexibility index (Phi) is 4.81. The third-order valence-electron chi connectivity index (χ3n) is 4.10. The maximum absolute atomic E-state index is 13.1. The molecule has 0 unspecified atom stereocenters. The predicted octanol–water partition coefficient (Wildman–Crippen LogP) is 4.21. The molecular formula is C19H21N3OS. The molecule has 1 amide bonds. The molecule has 0 aliphatic carbocycles. The minimum atomic E-state index is 0.0445. The molecule has 4 nitrogen and oxygen atoms in total. The fraction of sp³-hybridized carbons (Fsp3) is 0.263. The van der Waals surface area contributed by atoms with Crippen LogP contribution < -0.4 is 0 Å². The number of aryl methyl sites for hydroxylation is 1. The van der Waals surface area contributed by atoms with Crippen LogP contribution in [0.1, 0.15) is 33.5 Å². The van der Waals surface area contributed by atoms with Gasteiger partial charge in [0, 0.05) is 11.4 Å². The van der Waals surface area contributed by atoms with Gasteiger partial charge in [0.2, 0.25) is 0 Å². The van der Waals surface area contributed by atoms with Gasteiger partial charge in [0.25, 0.3) is 5.91 Å². The number of carbonyl (C=O) groups excluding carboxylic acids is 1. The van der Waals surface area contributed by atoms with Gasteiger partial charge in [-0.3, -0.25) is 4.79 Å². The van der Waals surface area contributed by atoms with Crippen LogP contribution in [0.15, 0.2) is 47.8 Å². The summed E-state index contributed by atoms with van der Waals surface area (Å²) in [6, 6.07) is 14.0. The lowest BCUT2D eigenvalue weighted by Gasteiger charge is -2.20. The van der Waals surface area contributed by atoms with E-state index >= 15 is 0 Å². The summed E-state index contributed by atoms with van der Waals surface area (Å²) < 4.78 is 1.85. The second-order valence-electron chi connectivity index (χ2n) is 5.69. The Hall–Kier alpha value is -2.40. The summed E-state index contributed by atoms with van der Waals surface area (Å²) in [5.74, 6) is 0.0445. The van der Waals surface area contributed by atoms with Crippen LogP contribution in [0.4, 0.5) is 0 Å². The third-order valence-corrected chi connectivity index (χ3v) is 4.96. The van der Waals surface area contributed by atoms with E-state index in [0.717, 1.165) is 17.1 Å². The molecule has 0 saturated heterocycles. The quantitative estimate of drug-likeness (QED) is 0.698. The number of carbonyl (C=O) groups is 1. The molecule has 5 heteroatoms. The third kappa shape index (κ3) is 3.12. The number of rotatable bonds is 5. The van der Waals surface area contributed by atoms with Crippen LogP contribution in [0.5, 0.6) is 0 Å². The highest BCUT2D eigenvalue weighted by molar-refractivity contribution is 7.09. The molecule has 3 rings (SSSR count). The van der Waals surface area contributed by atoms with Crippen molar-refractivity contribution in [2.24, 2.45) is 0 Å². The van der Waals surface area contributed by atoms with E-state index in [-0.39, 0.29) is 5.91 Å². The normalized spacial score (nSPS) is 10.8. The van der Waals surface area contributed by atoms with Crippen LogP contribution in [0.3, 0.4) is 0 Å². The van der Waals surface area contributed by atoms with E-state index in [0.29, 0.717) is 18.7 Å². The molecule has 0 fully saturated rings. The monoisotopic (exact) mass is 339 g/mol. The lowest BCUT2D eigenvalue weighted by Crippen LogP contribution is -2.30. The fourth-order valence-electron chi connectivity index (χ4n) is 2.85. The summed E-state index contributed by atoms with van der Waals surface area (Å²) in [5.41, 5.74) is 3.33. The summed E-state index contributed by atoms with van der Waals surface area (Å²) in [4.78, 5) is 16.1. The van der Waals surface area contributed by atoms with E-state index < -0.39 is 0 Å². The molecule has 0 N–H and O–H groups in total. The Morgan fingerprint density at radius 3 is 2.54 bits per heavy atom. The molecule has 2 heterocycles. The largest absolute Gasteiger partial charge is 0.334 e. The van der Waals surface area contributed by atoms with E-state index in [1.54, 1.807) is 11.3 Å². The molecule has 0 saturated carbocycles. The van der Waals surface area contributed by atoms with Gasteiger partial charge < -0.3 is 4.90 Å². The average molecular weight is 339 g/mol. The molecule has 124 valence electrons. The van der Waals surface area contributed by atoms with Crippen LogP contribution in [0, 0.1) is 13.8 Å². The maximum atomic E-state index is 13.1. The Bertz CT molecular complexity index is 822. The van der Waals surface area contributed by atoms with Crippen molar-refractivity contribution in [1.82, 2.24) is 14.7 Å². The topological polar surface area (TPSA) is 38.1 Å². The van der Waals surface area contributed by atoms with E-state index in [1.807, 2.05) is 72.1 Å². The number of thiophene rings is 1. The first-order valence-corrected chi connectivity index (χ1v) is 8.93. The molecule has 0 atom stereocenters. The highest BCUT2D eigenvalue weighted by atomic mass is 32.1. The summed E-state index contributed by atoms with van der Waals surface area (Å²) in [6.45, 7) is 7.18. The van der Waals surface area contributed by atoms with Crippen LogP contribution in [0.25, 0.3) is 5.69 Å². The van der Waals surface area contributed by atoms with Crippen molar-refractivity contribution in [2.75, 3.05) is 6.54 Å². The van der Waals surface area contributed by atoms with Gasteiger partial charge in [-0.25, -0.2) is 4.68 Å². The van der Waals surface area contributed by atoms with Gasteiger partial charge in [-0.2, -0.15) is 5.10 Å². The predicted molar refractivity (Wildman–Crippen MR) is 97.8 cm³/mol. The van der Waals surface area contributed by atoms with Crippen molar-refractivity contribution < 1.29 is 4.79 Å². The fourth-order valence-corrected chi connectivity index (χ4v) is 3.57. The smallest absolute Gasteiger partial charge is 0.257 e. The standard InChI is InChI=1S/C19H21N3OS/c1-4-21(13-17-11-8-12-24-17)19(23)18-14(2)20-22(15(18)3)16-9-6-5-7-10-16/h5-12H,4,13H2,1-3H3. The minimum Gasteiger partial charge on any atom is -0.334 e. The van der Waals surface area contributed by atoms with E-state index in [9.17, 15) is 4.79 Å². The van der Waals surface area contributed by atoms with Crippen molar-refractivity contribution >= 4 is 17.2 Å². The van der Waals surface area contributed by atoms with Gasteiger partial charge in [-0.15, -0.1) is 11.3 Å². The number of hydrogen-bond donors (Lipinski definition) is 0. The van der Waals surface area contributed by atoms with Crippen molar-refractivity contribution in [1.29, 1.82) is 0 Å². The lowest BCUT2D eigenvalue weighted by molar-refractivity contribution is 0.0752. The zero-order chi connectivity index (χ0) is 17.1. The Morgan fingerprint density at radius 1 is 1.17 bits per heavy atom. The maximum Gasteiger partial charge on any atom is 0.257 e. The summed E-state index contributed by atoms with van der Waals surface area (Å²) >= 11 is 1.67. The SMILES string of the molecule is CCN(Cc1cccs1)C(=O)c1c(C)nn(-c2ccccc2)c1C. The van der Waals surface area contributed by atoms with Crippen molar-refractivity contribution in [3.05, 3.63) is 69.7 Å². The first kappa shape index (κ1) is 16.5. The number of hydrogen-bond acceptors (Lipinski definition) is 3. The highest BCUT2D eigenvalue weighted by Gasteiger charge is 2.23. The first-order valence-electron chi connectivity index (χ1n) is 8.05. The number of amides is 1. The van der Waals surface area contributed by atoms with Crippen LogP contribution in [0.2, 0.25) is 0 Å². The van der Waals surface area contributed by atoms with E-state index in [1.165, 1.54) is 4.88 Å². The van der Waals surface area contributed by atoms with Crippen molar-refractivity contribution in [2.45, 2.75) is 27.3 Å². The summed E-state index contributed by atoms with van der Waals surface area (Å²) in [7, 11) is 0. The molecule has 0 spiro atoms. The highest BCUT2D eigenvalue weighted by Crippen LogP contribution is 2.21. The molecular weight excluding hydrogens is 318 g/mol.